The van der Waals surface area contributed by atoms with Gasteiger partial charge in [-0.25, -0.2) is 9.78 Å². The van der Waals surface area contributed by atoms with Crippen molar-refractivity contribution in [2.24, 2.45) is 0 Å². The van der Waals surface area contributed by atoms with Crippen LogP contribution in [0.4, 0.5) is 0 Å². The molecular formula is C11H15NO4S2. The molecule has 0 amide bonds. The quantitative estimate of drug-likeness (QED) is 0.749. The van der Waals surface area contributed by atoms with Crippen LogP contribution < -0.4 is 0 Å². The summed E-state index contributed by atoms with van der Waals surface area (Å²) < 4.78 is 9.79. The highest BCUT2D eigenvalue weighted by Gasteiger charge is 2.20. The molecule has 1 heterocycles. The van der Waals surface area contributed by atoms with E-state index in [1.165, 1.54) is 25.4 Å². The van der Waals surface area contributed by atoms with Crippen molar-refractivity contribution >= 4 is 35.0 Å². The van der Waals surface area contributed by atoms with Gasteiger partial charge in [-0.3, -0.25) is 4.79 Å². The number of hydrogen-bond acceptors (Lipinski definition) is 7. The average Bonchev–Trinajstić information content (AvgIpc) is 2.82. The number of hydrogen-bond donors (Lipinski definition) is 0. The van der Waals surface area contributed by atoms with Crippen molar-refractivity contribution in [1.29, 1.82) is 0 Å². The second kappa shape index (κ2) is 7.38. The Kier molecular flexibility index (Phi) is 6.14. The maximum Gasteiger partial charge on any atom is 0.357 e. The number of rotatable bonds is 6. The van der Waals surface area contributed by atoms with Crippen molar-refractivity contribution in [2.75, 3.05) is 19.1 Å². The molecule has 1 aromatic heterocycles. The molecule has 1 atom stereocenters. The number of nitrogens with zero attached hydrogens (tertiary/aromatic N) is 1. The van der Waals surface area contributed by atoms with E-state index in [2.05, 4.69) is 9.72 Å². The molecule has 0 saturated carbocycles. The molecule has 0 fully saturated rings. The summed E-state index contributed by atoms with van der Waals surface area (Å²) >= 11 is 2.96. The maximum atomic E-state index is 11.3. The first-order valence-corrected chi connectivity index (χ1v) is 7.55. The Labute approximate surface area is 114 Å². The third-order valence-electron chi connectivity index (χ3n) is 2.08. The minimum absolute atomic E-state index is 0.249. The Hall–Kier alpha value is -1.08. The first kappa shape index (κ1) is 15.0. The number of thiazole rings is 1. The van der Waals surface area contributed by atoms with Crippen LogP contribution in [0.1, 0.15) is 34.9 Å². The van der Waals surface area contributed by atoms with E-state index in [0.717, 1.165) is 5.75 Å². The molecular weight excluding hydrogens is 274 g/mol. The van der Waals surface area contributed by atoms with Crippen LogP contribution in [0.15, 0.2) is 5.38 Å². The normalized spacial score (nSPS) is 11.9. The van der Waals surface area contributed by atoms with E-state index in [9.17, 15) is 9.59 Å². The second-order valence-corrected chi connectivity index (χ2v) is 5.32. The molecule has 0 aliphatic rings. The second-order valence-electron chi connectivity index (χ2n) is 3.44. The van der Waals surface area contributed by atoms with Gasteiger partial charge in [-0.15, -0.1) is 11.3 Å². The molecule has 0 spiro atoms. The summed E-state index contributed by atoms with van der Waals surface area (Å²) in [6.07, 6.45) is 2.26. The number of carbonyl (C=O) groups excluding carboxylic acids is 2. The molecule has 1 unspecified atom stereocenters. The molecule has 0 aliphatic carbocycles. The van der Waals surface area contributed by atoms with E-state index in [1.54, 1.807) is 17.1 Å². The van der Waals surface area contributed by atoms with Crippen LogP contribution in [-0.2, 0) is 14.3 Å². The molecule has 1 rings (SSSR count). The van der Waals surface area contributed by atoms with Gasteiger partial charge in [-0.1, -0.05) is 0 Å². The predicted octanol–water partition coefficient (Wildman–Crippen LogP) is 2.29. The smallest absolute Gasteiger partial charge is 0.357 e. The zero-order valence-corrected chi connectivity index (χ0v) is 12.1. The number of ether oxygens (including phenoxy) is 2. The third kappa shape index (κ3) is 4.30. The Balaban J connectivity index is 2.80. The first-order valence-electron chi connectivity index (χ1n) is 5.28. The molecule has 0 bridgehead atoms. The van der Waals surface area contributed by atoms with Crippen molar-refractivity contribution in [3.8, 4) is 0 Å². The van der Waals surface area contributed by atoms with Crippen molar-refractivity contribution in [1.82, 2.24) is 4.98 Å². The van der Waals surface area contributed by atoms with Gasteiger partial charge in [0, 0.05) is 18.7 Å². The van der Waals surface area contributed by atoms with Crippen LogP contribution in [0.2, 0.25) is 0 Å². The van der Waals surface area contributed by atoms with Crippen LogP contribution in [0.3, 0.4) is 0 Å². The molecule has 0 N–H and O–H groups in total. The van der Waals surface area contributed by atoms with E-state index in [4.69, 9.17) is 4.74 Å². The van der Waals surface area contributed by atoms with Gasteiger partial charge < -0.3 is 9.47 Å². The molecule has 0 aliphatic heterocycles. The van der Waals surface area contributed by atoms with Crippen molar-refractivity contribution in [3.05, 3.63) is 16.1 Å². The largest absolute Gasteiger partial charge is 0.464 e. The van der Waals surface area contributed by atoms with E-state index in [1.807, 2.05) is 6.26 Å². The molecule has 5 nitrogen and oxygen atoms in total. The maximum absolute atomic E-state index is 11.3. The molecule has 0 saturated heterocycles. The lowest BCUT2D eigenvalue weighted by atomic mass is 10.3. The summed E-state index contributed by atoms with van der Waals surface area (Å²) in [5, 5.41) is 2.23. The van der Waals surface area contributed by atoms with Crippen LogP contribution in [0.25, 0.3) is 0 Å². The molecule has 0 radical (unpaired) electrons. The summed E-state index contributed by atoms with van der Waals surface area (Å²) in [6.45, 7) is 1.36. The zero-order chi connectivity index (χ0) is 13.5. The van der Waals surface area contributed by atoms with Crippen LogP contribution in [-0.4, -0.2) is 36.0 Å². The van der Waals surface area contributed by atoms with Crippen molar-refractivity contribution < 1.29 is 19.1 Å². The number of aromatic nitrogens is 1. The van der Waals surface area contributed by atoms with Crippen LogP contribution >= 0.6 is 23.1 Å². The Morgan fingerprint density at radius 3 is 2.83 bits per heavy atom. The molecule has 0 aromatic carbocycles. The van der Waals surface area contributed by atoms with E-state index >= 15 is 0 Å². The highest BCUT2D eigenvalue weighted by atomic mass is 32.2. The summed E-state index contributed by atoms with van der Waals surface area (Å²) in [7, 11) is 1.30. The minimum atomic E-state index is -0.482. The van der Waals surface area contributed by atoms with Crippen LogP contribution in [0, 0.1) is 0 Å². The van der Waals surface area contributed by atoms with Gasteiger partial charge in [0.15, 0.2) is 11.8 Å². The standard InChI is InChI=1S/C11H15NO4S2/c1-7(13)16-9(4-5-17-3)10-12-8(6-18-10)11(14)15-2/h6,9H,4-5H2,1-3H3. The van der Waals surface area contributed by atoms with Gasteiger partial charge in [0.2, 0.25) is 0 Å². The summed E-state index contributed by atoms with van der Waals surface area (Å²) in [4.78, 5) is 26.5. The number of thioether (sulfide) groups is 1. The average molecular weight is 289 g/mol. The number of methoxy groups -OCH3 is 1. The van der Waals surface area contributed by atoms with Gasteiger partial charge in [-0.2, -0.15) is 11.8 Å². The third-order valence-corrected chi connectivity index (χ3v) is 3.67. The fraction of sp³-hybridized carbons (Fsp3) is 0.545. The highest BCUT2D eigenvalue weighted by molar-refractivity contribution is 7.98. The van der Waals surface area contributed by atoms with Gasteiger partial charge in [-0.05, 0) is 12.0 Å². The van der Waals surface area contributed by atoms with Gasteiger partial charge in [0.05, 0.1) is 7.11 Å². The van der Waals surface area contributed by atoms with Gasteiger partial charge >= 0.3 is 11.9 Å². The predicted molar refractivity (Wildman–Crippen MR) is 71.0 cm³/mol. The number of esters is 2. The fourth-order valence-electron chi connectivity index (χ4n) is 1.29. The lowest BCUT2D eigenvalue weighted by Gasteiger charge is -2.13. The molecule has 18 heavy (non-hydrogen) atoms. The Morgan fingerprint density at radius 2 is 2.28 bits per heavy atom. The topological polar surface area (TPSA) is 65.5 Å². The van der Waals surface area contributed by atoms with Crippen molar-refractivity contribution in [3.63, 3.8) is 0 Å². The van der Waals surface area contributed by atoms with Gasteiger partial charge in [0.25, 0.3) is 0 Å². The summed E-state index contributed by atoms with van der Waals surface area (Å²) in [5.74, 6) is 0.0188. The Bertz CT molecular complexity index is 419. The lowest BCUT2D eigenvalue weighted by Crippen LogP contribution is -2.10. The van der Waals surface area contributed by atoms with E-state index in [0.29, 0.717) is 11.4 Å². The molecule has 100 valence electrons. The van der Waals surface area contributed by atoms with Gasteiger partial charge in [0.1, 0.15) is 5.01 Å². The van der Waals surface area contributed by atoms with E-state index < -0.39 is 12.1 Å². The zero-order valence-electron chi connectivity index (χ0n) is 10.5. The lowest BCUT2D eigenvalue weighted by molar-refractivity contribution is -0.146. The SMILES string of the molecule is COC(=O)c1csc(C(CCSC)OC(C)=O)n1. The first-order chi connectivity index (χ1) is 8.58. The summed E-state index contributed by atoms with van der Waals surface area (Å²) in [6, 6.07) is 0. The van der Waals surface area contributed by atoms with Crippen LogP contribution in [0.5, 0.6) is 0 Å². The van der Waals surface area contributed by atoms with Crippen molar-refractivity contribution in [2.45, 2.75) is 19.4 Å². The fourth-order valence-corrected chi connectivity index (χ4v) is 2.59. The monoisotopic (exact) mass is 289 g/mol. The Morgan fingerprint density at radius 1 is 1.56 bits per heavy atom. The minimum Gasteiger partial charge on any atom is -0.464 e. The number of carbonyl (C=O) groups is 2. The molecule has 1 aromatic rings. The molecule has 7 heteroatoms. The highest BCUT2D eigenvalue weighted by Crippen LogP contribution is 2.26. The van der Waals surface area contributed by atoms with E-state index in [-0.39, 0.29) is 11.7 Å². The summed E-state index contributed by atoms with van der Waals surface area (Å²) in [5.41, 5.74) is 0.249.